The van der Waals surface area contributed by atoms with E-state index in [0.717, 1.165) is 12.8 Å². The number of nitrogens with one attached hydrogen (secondary N) is 1. The molecular formula is C16H22FNO3. The number of hydrogen-bond acceptors (Lipinski definition) is 3. The molecule has 1 aliphatic carbocycles. The lowest BCUT2D eigenvalue weighted by molar-refractivity contribution is -0.127. The van der Waals surface area contributed by atoms with Crippen LogP contribution >= 0.6 is 0 Å². The lowest BCUT2D eigenvalue weighted by atomic mass is 10.1. The van der Waals surface area contributed by atoms with Crippen LogP contribution in [0.2, 0.25) is 0 Å². The van der Waals surface area contributed by atoms with Gasteiger partial charge >= 0.3 is 0 Å². The molecule has 2 N–H and O–H groups in total. The van der Waals surface area contributed by atoms with E-state index in [1.54, 1.807) is 12.1 Å². The Kier molecular flexibility index (Phi) is 5.56. The third-order valence-electron chi connectivity index (χ3n) is 3.87. The zero-order valence-electron chi connectivity index (χ0n) is 12.2. The van der Waals surface area contributed by atoms with Crippen molar-refractivity contribution in [1.82, 2.24) is 5.32 Å². The summed E-state index contributed by atoms with van der Waals surface area (Å²) in [6, 6.07) is 5.96. The first-order valence-corrected chi connectivity index (χ1v) is 7.48. The maximum atomic E-state index is 13.1. The Morgan fingerprint density at radius 3 is 2.95 bits per heavy atom. The van der Waals surface area contributed by atoms with Gasteiger partial charge in [-0.25, -0.2) is 4.39 Å². The lowest BCUT2D eigenvalue weighted by Gasteiger charge is -2.20. The van der Waals surface area contributed by atoms with Crippen molar-refractivity contribution in [2.45, 2.75) is 44.8 Å². The first kappa shape index (κ1) is 15.8. The van der Waals surface area contributed by atoms with Crippen molar-refractivity contribution in [3.63, 3.8) is 0 Å². The molecule has 1 aliphatic rings. The van der Waals surface area contributed by atoms with Gasteiger partial charge in [0.25, 0.3) is 0 Å². The predicted octanol–water partition coefficient (Wildman–Crippen LogP) is 2.26. The van der Waals surface area contributed by atoms with Crippen LogP contribution in [0.25, 0.3) is 0 Å². The number of halogens is 1. The summed E-state index contributed by atoms with van der Waals surface area (Å²) < 4.78 is 18.8. The molecule has 21 heavy (non-hydrogen) atoms. The van der Waals surface area contributed by atoms with Crippen molar-refractivity contribution in [3.05, 3.63) is 30.1 Å². The van der Waals surface area contributed by atoms with Gasteiger partial charge in [0, 0.05) is 6.07 Å². The Bertz CT molecular complexity index is 480. The Labute approximate surface area is 124 Å². The van der Waals surface area contributed by atoms with Gasteiger partial charge < -0.3 is 15.2 Å². The zero-order valence-corrected chi connectivity index (χ0v) is 12.2. The molecule has 0 radical (unpaired) electrons. The summed E-state index contributed by atoms with van der Waals surface area (Å²) in [5.41, 5.74) is 0. The van der Waals surface area contributed by atoms with Crippen LogP contribution in [0.1, 0.15) is 32.6 Å². The number of amides is 1. The Hall–Kier alpha value is -1.62. The van der Waals surface area contributed by atoms with Crippen LogP contribution in [0.15, 0.2) is 24.3 Å². The number of carbonyl (C=O) groups excluding carboxylic acids is 1. The van der Waals surface area contributed by atoms with Crippen molar-refractivity contribution in [2.75, 3.05) is 6.54 Å². The van der Waals surface area contributed by atoms with Gasteiger partial charge in [-0.15, -0.1) is 0 Å². The summed E-state index contributed by atoms with van der Waals surface area (Å²) in [4.78, 5) is 12.0. The SMILES string of the molecule is CCC(CNC(=O)C1CCCC1O)Oc1cccc(F)c1. The third-order valence-corrected chi connectivity index (χ3v) is 3.87. The second kappa shape index (κ2) is 7.41. The number of aliphatic hydroxyl groups is 1. The number of hydrogen-bond donors (Lipinski definition) is 2. The molecule has 4 nitrogen and oxygen atoms in total. The zero-order chi connectivity index (χ0) is 15.2. The summed E-state index contributed by atoms with van der Waals surface area (Å²) in [5.74, 6) is -0.324. The van der Waals surface area contributed by atoms with Crippen LogP contribution in [0.3, 0.4) is 0 Å². The van der Waals surface area contributed by atoms with Crippen LogP contribution in [-0.4, -0.2) is 29.8 Å². The van der Waals surface area contributed by atoms with Crippen molar-refractivity contribution in [2.24, 2.45) is 5.92 Å². The van der Waals surface area contributed by atoms with E-state index in [0.29, 0.717) is 25.1 Å². The Morgan fingerprint density at radius 2 is 2.33 bits per heavy atom. The predicted molar refractivity (Wildman–Crippen MR) is 77.5 cm³/mol. The van der Waals surface area contributed by atoms with Gasteiger partial charge in [-0.2, -0.15) is 0 Å². The minimum Gasteiger partial charge on any atom is -0.489 e. The summed E-state index contributed by atoms with van der Waals surface area (Å²) >= 11 is 0. The molecule has 0 spiro atoms. The van der Waals surface area contributed by atoms with E-state index in [2.05, 4.69) is 5.32 Å². The minimum atomic E-state index is -0.533. The largest absolute Gasteiger partial charge is 0.489 e. The number of aliphatic hydroxyl groups excluding tert-OH is 1. The second-order valence-corrected chi connectivity index (χ2v) is 5.46. The lowest BCUT2D eigenvalue weighted by Crippen LogP contribution is -2.40. The maximum Gasteiger partial charge on any atom is 0.225 e. The van der Waals surface area contributed by atoms with Crippen LogP contribution < -0.4 is 10.1 Å². The second-order valence-electron chi connectivity index (χ2n) is 5.46. The van der Waals surface area contributed by atoms with E-state index in [9.17, 15) is 14.3 Å². The van der Waals surface area contributed by atoms with Crippen molar-refractivity contribution < 1.29 is 19.0 Å². The summed E-state index contributed by atoms with van der Waals surface area (Å²) in [7, 11) is 0. The van der Waals surface area contributed by atoms with Crippen LogP contribution in [0.4, 0.5) is 4.39 Å². The highest BCUT2D eigenvalue weighted by atomic mass is 19.1. The van der Waals surface area contributed by atoms with Crippen molar-refractivity contribution >= 4 is 5.91 Å². The molecule has 3 atom stereocenters. The highest BCUT2D eigenvalue weighted by molar-refractivity contribution is 5.79. The van der Waals surface area contributed by atoms with E-state index >= 15 is 0 Å². The number of ether oxygens (including phenoxy) is 1. The molecule has 1 aromatic rings. The van der Waals surface area contributed by atoms with Gasteiger partial charge in [-0.1, -0.05) is 13.0 Å². The normalized spacial score (nSPS) is 22.8. The fourth-order valence-corrected chi connectivity index (χ4v) is 2.59. The molecule has 0 heterocycles. The van der Waals surface area contributed by atoms with E-state index in [4.69, 9.17) is 4.74 Å². The summed E-state index contributed by atoms with van der Waals surface area (Å²) in [6.45, 7) is 2.30. The first-order chi connectivity index (χ1) is 10.1. The van der Waals surface area contributed by atoms with Crippen LogP contribution in [0, 0.1) is 11.7 Å². The molecule has 1 aromatic carbocycles. The average Bonchev–Trinajstić information content (AvgIpc) is 2.89. The molecular weight excluding hydrogens is 273 g/mol. The van der Waals surface area contributed by atoms with Gasteiger partial charge in [0.05, 0.1) is 18.6 Å². The average molecular weight is 295 g/mol. The van der Waals surface area contributed by atoms with E-state index in [1.165, 1.54) is 12.1 Å². The molecule has 116 valence electrons. The molecule has 2 rings (SSSR count). The fraction of sp³-hybridized carbons (Fsp3) is 0.562. The van der Waals surface area contributed by atoms with Gasteiger partial charge in [-0.3, -0.25) is 4.79 Å². The molecule has 5 heteroatoms. The van der Waals surface area contributed by atoms with Gasteiger partial charge in [0.2, 0.25) is 5.91 Å². The topological polar surface area (TPSA) is 58.6 Å². The minimum absolute atomic E-state index is 0.124. The fourth-order valence-electron chi connectivity index (χ4n) is 2.59. The highest BCUT2D eigenvalue weighted by Crippen LogP contribution is 2.25. The number of carbonyl (C=O) groups is 1. The summed E-state index contributed by atoms with van der Waals surface area (Å²) in [6.07, 6.45) is 2.26. The van der Waals surface area contributed by atoms with E-state index < -0.39 is 6.10 Å². The standard InChI is InChI=1S/C16H22FNO3/c1-2-12(21-13-6-3-5-11(17)9-13)10-18-16(20)14-7-4-8-15(14)19/h3,5-6,9,12,14-15,19H,2,4,7-8,10H2,1H3,(H,18,20). The van der Waals surface area contributed by atoms with E-state index in [-0.39, 0.29) is 23.7 Å². The van der Waals surface area contributed by atoms with Crippen molar-refractivity contribution in [1.29, 1.82) is 0 Å². The molecule has 0 saturated heterocycles. The molecule has 0 aliphatic heterocycles. The molecule has 0 aromatic heterocycles. The quantitative estimate of drug-likeness (QED) is 0.846. The molecule has 1 saturated carbocycles. The number of rotatable bonds is 6. The molecule has 1 fully saturated rings. The Morgan fingerprint density at radius 1 is 1.52 bits per heavy atom. The molecule has 0 bridgehead atoms. The molecule has 1 amide bonds. The first-order valence-electron chi connectivity index (χ1n) is 7.48. The smallest absolute Gasteiger partial charge is 0.225 e. The van der Waals surface area contributed by atoms with Gasteiger partial charge in [0.1, 0.15) is 17.7 Å². The Balaban J connectivity index is 1.83. The van der Waals surface area contributed by atoms with Crippen LogP contribution in [0.5, 0.6) is 5.75 Å². The van der Waals surface area contributed by atoms with Gasteiger partial charge in [0.15, 0.2) is 0 Å². The van der Waals surface area contributed by atoms with Gasteiger partial charge in [-0.05, 0) is 37.8 Å². The van der Waals surface area contributed by atoms with Crippen molar-refractivity contribution in [3.8, 4) is 5.75 Å². The van der Waals surface area contributed by atoms with Crippen LogP contribution in [-0.2, 0) is 4.79 Å². The third kappa shape index (κ3) is 4.43. The highest BCUT2D eigenvalue weighted by Gasteiger charge is 2.31. The number of benzene rings is 1. The maximum absolute atomic E-state index is 13.1. The molecule has 3 unspecified atom stereocenters. The monoisotopic (exact) mass is 295 g/mol. The van der Waals surface area contributed by atoms with E-state index in [1.807, 2.05) is 6.92 Å². The summed E-state index contributed by atoms with van der Waals surface area (Å²) in [5, 5.41) is 12.5.